The molecule has 2 heterocycles. The van der Waals surface area contributed by atoms with Gasteiger partial charge in [-0.2, -0.15) is 0 Å². The summed E-state index contributed by atoms with van der Waals surface area (Å²) < 4.78 is 0. The molecular formula is C12H15N3S2. The Morgan fingerprint density at radius 1 is 1.29 bits per heavy atom. The number of rotatable bonds is 5. The molecule has 0 aliphatic heterocycles. The van der Waals surface area contributed by atoms with Crippen LogP contribution in [0.2, 0.25) is 0 Å². The molecule has 0 radical (unpaired) electrons. The molecule has 0 aliphatic carbocycles. The Balaban J connectivity index is 2.30. The van der Waals surface area contributed by atoms with E-state index in [1.165, 1.54) is 0 Å². The monoisotopic (exact) mass is 265 g/mol. The van der Waals surface area contributed by atoms with Gasteiger partial charge < -0.3 is 4.98 Å². The maximum absolute atomic E-state index is 4.59. The average molecular weight is 265 g/mol. The van der Waals surface area contributed by atoms with Crippen LogP contribution in [0.4, 0.5) is 0 Å². The minimum atomic E-state index is 1.00. The van der Waals surface area contributed by atoms with Crippen LogP contribution in [0.1, 0.15) is 13.3 Å². The minimum Gasteiger partial charge on any atom is -0.332 e. The fourth-order valence-electron chi connectivity index (χ4n) is 1.47. The number of imidazole rings is 1. The van der Waals surface area contributed by atoms with Crippen molar-refractivity contribution < 1.29 is 0 Å². The molecule has 0 spiro atoms. The standard InChI is InChI=1S/C12H15N3S2/c1-3-8-17-12-14-10(11(15-12)16-2)9-4-6-13-7-5-9/h4-7H,3,8H2,1-2H3,(H,14,15). The summed E-state index contributed by atoms with van der Waals surface area (Å²) in [6, 6.07) is 4.00. The van der Waals surface area contributed by atoms with Gasteiger partial charge in [0.2, 0.25) is 0 Å². The molecule has 0 saturated heterocycles. The molecule has 3 nitrogen and oxygen atoms in total. The summed E-state index contributed by atoms with van der Waals surface area (Å²) in [5, 5.41) is 2.05. The number of hydrogen-bond donors (Lipinski definition) is 1. The summed E-state index contributed by atoms with van der Waals surface area (Å²) in [7, 11) is 0. The summed E-state index contributed by atoms with van der Waals surface area (Å²) in [6.45, 7) is 2.18. The van der Waals surface area contributed by atoms with E-state index in [0.717, 1.165) is 33.6 Å². The molecular weight excluding hydrogens is 250 g/mol. The molecule has 2 aromatic heterocycles. The van der Waals surface area contributed by atoms with E-state index in [9.17, 15) is 0 Å². The number of H-pyrrole nitrogens is 1. The molecule has 0 aliphatic rings. The number of nitrogens with zero attached hydrogens (tertiary/aromatic N) is 2. The summed E-state index contributed by atoms with van der Waals surface area (Å²) >= 11 is 3.44. The van der Waals surface area contributed by atoms with E-state index in [1.807, 2.05) is 12.1 Å². The van der Waals surface area contributed by atoms with Crippen molar-refractivity contribution >= 4 is 23.5 Å². The highest BCUT2D eigenvalue weighted by Crippen LogP contribution is 2.30. The molecule has 0 amide bonds. The fraction of sp³-hybridized carbons (Fsp3) is 0.333. The van der Waals surface area contributed by atoms with Gasteiger partial charge in [-0.1, -0.05) is 18.7 Å². The van der Waals surface area contributed by atoms with Gasteiger partial charge >= 0.3 is 0 Å². The largest absolute Gasteiger partial charge is 0.332 e. The van der Waals surface area contributed by atoms with Gasteiger partial charge in [-0.25, -0.2) is 4.98 Å². The molecule has 0 atom stereocenters. The first-order valence-corrected chi connectivity index (χ1v) is 7.73. The Morgan fingerprint density at radius 3 is 2.71 bits per heavy atom. The first-order valence-electron chi connectivity index (χ1n) is 5.52. The predicted molar refractivity (Wildman–Crippen MR) is 74.6 cm³/mol. The lowest BCUT2D eigenvalue weighted by Crippen LogP contribution is -1.81. The SMILES string of the molecule is CCCSc1nc(SC)c(-c2ccncc2)[nH]1. The third kappa shape index (κ3) is 3.04. The molecule has 90 valence electrons. The number of thioether (sulfide) groups is 2. The van der Waals surface area contributed by atoms with E-state index in [-0.39, 0.29) is 0 Å². The highest BCUT2D eigenvalue weighted by atomic mass is 32.2. The minimum absolute atomic E-state index is 1.00. The number of aromatic amines is 1. The third-order valence-electron chi connectivity index (χ3n) is 2.25. The van der Waals surface area contributed by atoms with Gasteiger partial charge in [-0.15, -0.1) is 11.8 Å². The van der Waals surface area contributed by atoms with E-state index >= 15 is 0 Å². The zero-order chi connectivity index (χ0) is 12.1. The van der Waals surface area contributed by atoms with Crippen molar-refractivity contribution in [2.24, 2.45) is 0 Å². The predicted octanol–water partition coefficient (Wildman–Crippen LogP) is 3.70. The van der Waals surface area contributed by atoms with Crippen molar-refractivity contribution in [3.8, 4) is 11.3 Å². The van der Waals surface area contributed by atoms with E-state index < -0.39 is 0 Å². The highest BCUT2D eigenvalue weighted by Gasteiger charge is 2.11. The normalized spacial score (nSPS) is 10.7. The van der Waals surface area contributed by atoms with Gasteiger partial charge in [0.1, 0.15) is 5.03 Å². The molecule has 1 N–H and O–H groups in total. The molecule has 17 heavy (non-hydrogen) atoms. The lowest BCUT2D eigenvalue weighted by atomic mass is 10.2. The maximum atomic E-state index is 4.59. The van der Waals surface area contributed by atoms with Gasteiger partial charge in [0.05, 0.1) is 5.69 Å². The van der Waals surface area contributed by atoms with E-state index in [4.69, 9.17) is 0 Å². The van der Waals surface area contributed by atoms with Crippen molar-refractivity contribution in [2.75, 3.05) is 12.0 Å². The van der Waals surface area contributed by atoms with E-state index in [0.29, 0.717) is 0 Å². The first kappa shape index (κ1) is 12.5. The van der Waals surface area contributed by atoms with Gasteiger partial charge in [0, 0.05) is 23.7 Å². The molecule has 2 aromatic rings. The Bertz CT molecular complexity index is 468. The number of hydrogen-bond acceptors (Lipinski definition) is 4. The second-order valence-corrected chi connectivity index (χ2v) is 5.39. The van der Waals surface area contributed by atoms with Crippen LogP contribution in [0.3, 0.4) is 0 Å². The second kappa shape index (κ2) is 6.12. The number of pyridine rings is 1. The van der Waals surface area contributed by atoms with Gasteiger partial charge in [0.25, 0.3) is 0 Å². The van der Waals surface area contributed by atoms with Crippen LogP contribution in [0.25, 0.3) is 11.3 Å². The van der Waals surface area contributed by atoms with Gasteiger partial charge in [0.15, 0.2) is 5.16 Å². The van der Waals surface area contributed by atoms with Crippen molar-refractivity contribution in [2.45, 2.75) is 23.5 Å². The summed E-state index contributed by atoms with van der Waals surface area (Å²) in [5.74, 6) is 1.09. The van der Waals surface area contributed by atoms with Crippen molar-refractivity contribution in [1.29, 1.82) is 0 Å². The Labute approximate surface area is 110 Å². The summed E-state index contributed by atoms with van der Waals surface area (Å²) in [6.07, 6.45) is 6.82. The highest BCUT2D eigenvalue weighted by molar-refractivity contribution is 7.99. The van der Waals surface area contributed by atoms with Crippen molar-refractivity contribution in [1.82, 2.24) is 15.0 Å². The average Bonchev–Trinajstić information content (AvgIpc) is 2.80. The van der Waals surface area contributed by atoms with Crippen LogP contribution < -0.4 is 0 Å². The Hall–Kier alpha value is -0.940. The van der Waals surface area contributed by atoms with E-state index in [1.54, 1.807) is 35.9 Å². The number of nitrogens with one attached hydrogen (secondary N) is 1. The Morgan fingerprint density at radius 2 is 2.06 bits per heavy atom. The first-order chi connectivity index (χ1) is 8.35. The topological polar surface area (TPSA) is 41.6 Å². The van der Waals surface area contributed by atoms with Gasteiger partial charge in [-0.05, 0) is 24.8 Å². The zero-order valence-corrected chi connectivity index (χ0v) is 11.6. The molecule has 5 heteroatoms. The lowest BCUT2D eigenvalue weighted by Gasteiger charge is -1.98. The quantitative estimate of drug-likeness (QED) is 0.837. The molecule has 2 rings (SSSR count). The molecule has 0 saturated carbocycles. The van der Waals surface area contributed by atoms with Crippen molar-refractivity contribution in [3.05, 3.63) is 24.5 Å². The summed E-state index contributed by atoms with van der Waals surface area (Å²) in [4.78, 5) is 12.0. The zero-order valence-electron chi connectivity index (χ0n) is 9.93. The molecule has 0 fully saturated rings. The smallest absolute Gasteiger partial charge is 0.166 e. The van der Waals surface area contributed by atoms with Crippen LogP contribution in [-0.2, 0) is 0 Å². The van der Waals surface area contributed by atoms with Crippen LogP contribution in [0.5, 0.6) is 0 Å². The van der Waals surface area contributed by atoms with Crippen LogP contribution >= 0.6 is 23.5 Å². The lowest BCUT2D eigenvalue weighted by molar-refractivity contribution is 1.01. The second-order valence-electron chi connectivity index (χ2n) is 3.51. The summed E-state index contributed by atoms with van der Waals surface area (Å²) in [5.41, 5.74) is 2.23. The van der Waals surface area contributed by atoms with Crippen LogP contribution in [-0.4, -0.2) is 27.0 Å². The molecule has 0 unspecified atom stereocenters. The number of aromatic nitrogens is 3. The van der Waals surface area contributed by atoms with Crippen molar-refractivity contribution in [3.63, 3.8) is 0 Å². The van der Waals surface area contributed by atoms with Crippen LogP contribution in [0.15, 0.2) is 34.7 Å². The molecule has 0 bridgehead atoms. The van der Waals surface area contributed by atoms with E-state index in [2.05, 4.69) is 28.1 Å². The maximum Gasteiger partial charge on any atom is 0.166 e. The third-order valence-corrected chi connectivity index (χ3v) is 4.02. The van der Waals surface area contributed by atoms with Crippen LogP contribution in [0, 0.1) is 0 Å². The Kier molecular flexibility index (Phi) is 4.50. The molecule has 0 aromatic carbocycles. The van der Waals surface area contributed by atoms with Gasteiger partial charge in [-0.3, -0.25) is 4.98 Å². The fourth-order valence-corrected chi connectivity index (χ4v) is 2.81.